The minimum atomic E-state index is -4.55. The summed E-state index contributed by atoms with van der Waals surface area (Å²) in [5, 5.41) is 0. The summed E-state index contributed by atoms with van der Waals surface area (Å²) in [6, 6.07) is 4.50. The summed E-state index contributed by atoms with van der Waals surface area (Å²) in [6.07, 6.45) is -0.419. The van der Waals surface area contributed by atoms with Crippen LogP contribution in [-0.2, 0) is 12.6 Å². The first-order valence-corrected chi connectivity index (χ1v) is 11.2. The van der Waals surface area contributed by atoms with E-state index >= 15 is 4.39 Å². The normalized spacial score (nSPS) is 22.0. The lowest BCUT2D eigenvalue weighted by Gasteiger charge is -2.41. The summed E-state index contributed by atoms with van der Waals surface area (Å²) >= 11 is 0. The summed E-state index contributed by atoms with van der Waals surface area (Å²) in [6.45, 7) is 2.34. The highest BCUT2D eigenvalue weighted by Crippen LogP contribution is 2.47. The lowest BCUT2D eigenvalue weighted by Crippen LogP contribution is -2.44. The number of imidazole rings is 1. The summed E-state index contributed by atoms with van der Waals surface area (Å²) < 4.78 is 56.5. The van der Waals surface area contributed by atoms with Gasteiger partial charge in [0.05, 0.1) is 35.2 Å². The van der Waals surface area contributed by atoms with Crippen molar-refractivity contribution in [2.24, 2.45) is 11.8 Å². The predicted octanol–water partition coefficient (Wildman–Crippen LogP) is 4.41. The molecule has 35 heavy (non-hydrogen) atoms. The van der Waals surface area contributed by atoms with Gasteiger partial charge in [0.15, 0.2) is 0 Å². The molecular formula is C24H20F4N6O. The van der Waals surface area contributed by atoms with Gasteiger partial charge in [-0.1, -0.05) is 13.0 Å². The van der Waals surface area contributed by atoms with Crippen molar-refractivity contribution in [2.45, 2.75) is 32.0 Å². The van der Waals surface area contributed by atoms with E-state index in [1.165, 1.54) is 30.7 Å². The topological polar surface area (TPSA) is 89.4 Å². The maximum absolute atomic E-state index is 15.2. The second-order valence-corrected chi connectivity index (χ2v) is 9.40. The van der Waals surface area contributed by atoms with Gasteiger partial charge >= 0.3 is 6.18 Å². The number of piperidine rings is 1. The van der Waals surface area contributed by atoms with Crippen LogP contribution < -0.4 is 5.73 Å². The van der Waals surface area contributed by atoms with Gasteiger partial charge in [-0.15, -0.1) is 0 Å². The zero-order chi connectivity index (χ0) is 24.6. The highest BCUT2D eigenvalue weighted by Gasteiger charge is 2.45. The van der Waals surface area contributed by atoms with E-state index in [9.17, 15) is 18.0 Å². The smallest absolute Gasteiger partial charge is 0.382 e. The van der Waals surface area contributed by atoms with Gasteiger partial charge in [0.1, 0.15) is 22.8 Å². The van der Waals surface area contributed by atoms with Crippen molar-refractivity contribution in [1.82, 2.24) is 24.3 Å². The molecule has 180 valence electrons. The highest BCUT2D eigenvalue weighted by atomic mass is 19.4. The largest absolute Gasteiger partial charge is 0.433 e. The molecule has 11 heteroatoms. The molecule has 1 amide bonds. The van der Waals surface area contributed by atoms with Crippen LogP contribution in [0.3, 0.4) is 0 Å². The first-order valence-electron chi connectivity index (χ1n) is 11.2. The summed E-state index contributed by atoms with van der Waals surface area (Å²) in [4.78, 5) is 27.5. The van der Waals surface area contributed by atoms with E-state index in [4.69, 9.17) is 5.73 Å². The number of anilines is 1. The van der Waals surface area contributed by atoms with Crippen LogP contribution in [0.1, 0.15) is 46.7 Å². The van der Waals surface area contributed by atoms with Crippen LogP contribution in [-0.4, -0.2) is 36.7 Å². The third-order valence-corrected chi connectivity index (χ3v) is 7.03. The lowest BCUT2D eigenvalue weighted by molar-refractivity contribution is -0.141. The number of carbonyl (C=O) groups excluding carboxylic acids is 1. The predicted molar refractivity (Wildman–Crippen MR) is 119 cm³/mol. The molecule has 7 nitrogen and oxygen atoms in total. The van der Waals surface area contributed by atoms with E-state index in [-0.39, 0.29) is 28.7 Å². The lowest BCUT2D eigenvalue weighted by atomic mass is 9.84. The highest BCUT2D eigenvalue weighted by molar-refractivity contribution is 5.99. The van der Waals surface area contributed by atoms with E-state index < -0.39 is 29.6 Å². The number of nitrogens with zero attached hydrogens (tertiary/aromatic N) is 5. The molecule has 4 aromatic rings. The Morgan fingerprint density at radius 2 is 1.97 bits per heavy atom. The Bertz CT molecular complexity index is 1510. The fraction of sp³-hybridized carbons (Fsp3) is 0.333. The van der Waals surface area contributed by atoms with Crippen molar-refractivity contribution in [1.29, 1.82) is 0 Å². The van der Waals surface area contributed by atoms with Crippen molar-refractivity contribution < 1.29 is 22.4 Å². The molecule has 0 unspecified atom stereocenters. The van der Waals surface area contributed by atoms with Crippen molar-refractivity contribution in [3.8, 4) is 0 Å². The fourth-order valence-corrected chi connectivity index (χ4v) is 5.62. The SMILES string of the molecule is C[C@@H]1C[C@@H]2Cc3nc(C(F)(F)F)ccc3[C@@H]2N(C(=O)c2cc3c(cc2F)nc(N)c2cncn23)C1. The van der Waals surface area contributed by atoms with Gasteiger partial charge in [-0.05, 0) is 42.4 Å². The van der Waals surface area contributed by atoms with Crippen LogP contribution in [0.5, 0.6) is 0 Å². The van der Waals surface area contributed by atoms with Gasteiger partial charge in [0.25, 0.3) is 5.91 Å². The molecule has 0 saturated carbocycles. The van der Waals surface area contributed by atoms with Gasteiger partial charge in [-0.3, -0.25) is 9.20 Å². The molecule has 0 radical (unpaired) electrons. The number of amides is 1. The molecule has 3 aromatic heterocycles. The Morgan fingerprint density at radius 3 is 2.74 bits per heavy atom. The zero-order valence-corrected chi connectivity index (χ0v) is 18.6. The molecule has 0 bridgehead atoms. The first-order chi connectivity index (χ1) is 16.6. The van der Waals surface area contributed by atoms with E-state index in [0.29, 0.717) is 35.3 Å². The number of nitrogens with two attached hydrogens (primary N) is 1. The van der Waals surface area contributed by atoms with Crippen molar-refractivity contribution in [3.05, 3.63) is 65.1 Å². The van der Waals surface area contributed by atoms with Gasteiger partial charge in [0.2, 0.25) is 0 Å². The monoisotopic (exact) mass is 484 g/mol. The molecular weight excluding hydrogens is 464 g/mol. The van der Waals surface area contributed by atoms with Crippen LogP contribution in [0, 0.1) is 17.7 Å². The average molecular weight is 484 g/mol. The number of likely N-dealkylation sites (tertiary alicyclic amines) is 1. The van der Waals surface area contributed by atoms with Crippen LogP contribution in [0.2, 0.25) is 0 Å². The zero-order valence-electron chi connectivity index (χ0n) is 18.6. The van der Waals surface area contributed by atoms with Gasteiger partial charge < -0.3 is 10.6 Å². The number of fused-ring (bicyclic) bond motifs is 6. The molecule has 4 heterocycles. The minimum Gasteiger partial charge on any atom is -0.382 e. The molecule has 6 rings (SSSR count). The Labute approximate surface area is 196 Å². The molecule has 2 N–H and O–H groups in total. The Hall–Kier alpha value is -3.76. The van der Waals surface area contributed by atoms with Crippen LogP contribution in [0.15, 0.2) is 36.8 Å². The van der Waals surface area contributed by atoms with Gasteiger partial charge in [-0.25, -0.2) is 19.3 Å². The van der Waals surface area contributed by atoms with E-state index in [1.54, 1.807) is 9.30 Å². The third-order valence-electron chi connectivity index (χ3n) is 7.03. The average Bonchev–Trinajstić information content (AvgIpc) is 3.42. The molecule has 3 atom stereocenters. The molecule has 1 saturated heterocycles. The maximum Gasteiger partial charge on any atom is 0.433 e. The molecule has 1 aromatic carbocycles. The Kier molecular flexibility index (Phi) is 4.58. The second-order valence-electron chi connectivity index (χ2n) is 9.40. The Balaban J connectivity index is 1.44. The quantitative estimate of drug-likeness (QED) is 0.404. The second kappa shape index (κ2) is 7.37. The van der Waals surface area contributed by atoms with E-state index in [0.717, 1.165) is 12.5 Å². The van der Waals surface area contributed by atoms with Crippen molar-refractivity contribution in [2.75, 3.05) is 12.3 Å². The number of hydrogen-bond acceptors (Lipinski definition) is 5. The van der Waals surface area contributed by atoms with E-state index in [1.807, 2.05) is 6.92 Å². The number of hydrogen-bond donors (Lipinski definition) is 1. The fourth-order valence-electron chi connectivity index (χ4n) is 5.62. The number of halogens is 4. The van der Waals surface area contributed by atoms with Crippen LogP contribution in [0.25, 0.3) is 16.6 Å². The number of rotatable bonds is 1. The third kappa shape index (κ3) is 3.32. The number of benzene rings is 1. The molecule has 0 spiro atoms. The molecule has 1 aliphatic carbocycles. The summed E-state index contributed by atoms with van der Waals surface area (Å²) in [5.74, 6) is -1.06. The summed E-state index contributed by atoms with van der Waals surface area (Å²) in [7, 11) is 0. The molecule has 1 fully saturated rings. The Morgan fingerprint density at radius 1 is 1.17 bits per heavy atom. The standard InChI is InChI=1S/C24H20F4N6O/c1-11-4-12-5-16-13(2-3-20(31-16)24(26,27)28)21(12)33(9-11)23(35)14-6-18-17(7-15(14)25)32-22(29)19-8-30-10-34(18)19/h2-3,6-8,10-12,21H,4-5,9H2,1H3,(H2,29,32)/t11-,12-,21-/m1/s1. The van der Waals surface area contributed by atoms with E-state index in [2.05, 4.69) is 15.0 Å². The number of pyridine rings is 1. The van der Waals surface area contributed by atoms with Crippen molar-refractivity contribution in [3.63, 3.8) is 0 Å². The minimum absolute atomic E-state index is 0.0842. The number of alkyl halides is 3. The number of nitrogen functional groups attached to an aromatic ring is 1. The van der Waals surface area contributed by atoms with Crippen LogP contribution >= 0.6 is 0 Å². The number of carbonyl (C=O) groups is 1. The van der Waals surface area contributed by atoms with Gasteiger partial charge in [-0.2, -0.15) is 13.2 Å². The molecule has 2 aliphatic rings. The maximum atomic E-state index is 15.2. The number of aromatic nitrogens is 4. The van der Waals surface area contributed by atoms with Crippen molar-refractivity contribution >= 4 is 28.3 Å². The van der Waals surface area contributed by atoms with Crippen LogP contribution in [0.4, 0.5) is 23.4 Å². The van der Waals surface area contributed by atoms with Gasteiger partial charge in [0, 0.05) is 18.3 Å². The molecule has 1 aliphatic heterocycles. The first kappa shape index (κ1) is 21.8. The summed E-state index contributed by atoms with van der Waals surface area (Å²) in [5.41, 5.74) is 7.08.